The topological polar surface area (TPSA) is 0 Å². The molecule has 1 heteroatoms. The minimum absolute atomic E-state index is 0.122. The van der Waals surface area contributed by atoms with Gasteiger partial charge in [-0.2, -0.15) is 0 Å². The highest BCUT2D eigenvalue weighted by Gasteiger charge is 2.40. The first-order chi connectivity index (χ1) is 9.22. The number of aryl methyl sites for hydroxylation is 1. The van der Waals surface area contributed by atoms with Gasteiger partial charge in [-0.05, 0) is 86.3 Å². The zero-order valence-electron chi connectivity index (χ0n) is 11.9. The molecule has 3 rings (SSSR count). The third kappa shape index (κ3) is 3.01. The summed E-state index contributed by atoms with van der Waals surface area (Å²) in [5.41, 5.74) is 1.29. The fourth-order valence-corrected chi connectivity index (χ4v) is 4.62. The summed E-state index contributed by atoms with van der Waals surface area (Å²) in [4.78, 5) is 0. The highest BCUT2D eigenvalue weighted by atomic mass is 19.1. The number of hydrogen-bond donors (Lipinski definition) is 0. The van der Waals surface area contributed by atoms with Crippen LogP contribution in [0.1, 0.15) is 51.0 Å². The first kappa shape index (κ1) is 13.1. The molecule has 104 valence electrons. The lowest BCUT2D eigenvalue weighted by Crippen LogP contribution is -2.24. The maximum absolute atomic E-state index is 12.8. The van der Waals surface area contributed by atoms with Crippen molar-refractivity contribution in [3.05, 3.63) is 35.6 Å². The molecular formula is C18H25F. The Bertz CT molecular complexity index is 394. The predicted molar refractivity (Wildman–Crippen MR) is 77.4 cm³/mol. The maximum atomic E-state index is 12.8. The molecule has 1 aromatic carbocycles. The summed E-state index contributed by atoms with van der Waals surface area (Å²) in [5, 5.41) is 0. The van der Waals surface area contributed by atoms with Crippen molar-refractivity contribution in [2.24, 2.45) is 23.7 Å². The van der Waals surface area contributed by atoms with Gasteiger partial charge in [0.25, 0.3) is 0 Å². The molecule has 4 atom stereocenters. The summed E-state index contributed by atoms with van der Waals surface area (Å²) in [6.07, 6.45) is 9.69. The third-order valence-corrected chi connectivity index (χ3v) is 5.45. The Morgan fingerprint density at radius 3 is 2.32 bits per heavy atom. The molecule has 1 aromatic rings. The van der Waals surface area contributed by atoms with Gasteiger partial charge in [0.2, 0.25) is 0 Å². The summed E-state index contributed by atoms with van der Waals surface area (Å²) in [6.45, 7) is 2.43. The van der Waals surface area contributed by atoms with Crippen molar-refractivity contribution >= 4 is 0 Å². The van der Waals surface area contributed by atoms with Gasteiger partial charge in [0.05, 0.1) is 0 Å². The van der Waals surface area contributed by atoms with Crippen molar-refractivity contribution in [1.82, 2.24) is 0 Å². The van der Waals surface area contributed by atoms with Crippen LogP contribution in [0.3, 0.4) is 0 Å². The second-order valence-electron chi connectivity index (χ2n) is 6.86. The van der Waals surface area contributed by atoms with Crippen molar-refractivity contribution < 1.29 is 4.39 Å². The second-order valence-corrected chi connectivity index (χ2v) is 6.86. The van der Waals surface area contributed by atoms with Gasteiger partial charge >= 0.3 is 0 Å². The number of rotatable bonds is 4. The molecule has 2 unspecified atom stereocenters. The van der Waals surface area contributed by atoms with E-state index in [9.17, 15) is 4.39 Å². The van der Waals surface area contributed by atoms with E-state index in [4.69, 9.17) is 0 Å². The molecule has 2 aliphatic carbocycles. The zero-order chi connectivity index (χ0) is 13.2. The van der Waals surface area contributed by atoms with Crippen molar-refractivity contribution in [1.29, 1.82) is 0 Å². The SMILES string of the molecule is CC1C[C@H]2CC[C@@H](C1)C2CCCc1ccc(F)cc1. The van der Waals surface area contributed by atoms with E-state index in [0.29, 0.717) is 0 Å². The van der Waals surface area contributed by atoms with Crippen LogP contribution in [0.2, 0.25) is 0 Å². The highest BCUT2D eigenvalue weighted by molar-refractivity contribution is 5.16. The second kappa shape index (κ2) is 5.64. The van der Waals surface area contributed by atoms with Gasteiger partial charge in [0, 0.05) is 0 Å². The molecular weight excluding hydrogens is 235 g/mol. The van der Waals surface area contributed by atoms with E-state index in [1.165, 1.54) is 44.1 Å². The quantitative estimate of drug-likeness (QED) is 0.696. The first-order valence-electron chi connectivity index (χ1n) is 7.97. The average Bonchev–Trinajstić information content (AvgIpc) is 2.64. The lowest BCUT2D eigenvalue weighted by molar-refractivity contribution is 0.166. The van der Waals surface area contributed by atoms with Crippen LogP contribution < -0.4 is 0 Å². The summed E-state index contributed by atoms with van der Waals surface area (Å²) >= 11 is 0. The van der Waals surface area contributed by atoms with E-state index >= 15 is 0 Å². The fraction of sp³-hybridized carbons (Fsp3) is 0.667. The fourth-order valence-electron chi connectivity index (χ4n) is 4.62. The minimum Gasteiger partial charge on any atom is -0.207 e. The molecule has 0 amide bonds. The summed E-state index contributed by atoms with van der Waals surface area (Å²) in [6, 6.07) is 7.04. The van der Waals surface area contributed by atoms with Gasteiger partial charge in [-0.3, -0.25) is 0 Å². The molecule has 0 spiro atoms. The summed E-state index contributed by atoms with van der Waals surface area (Å²) in [7, 11) is 0. The molecule has 19 heavy (non-hydrogen) atoms. The third-order valence-electron chi connectivity index (χ3n) is 5.45. The largest absolute Gasteiger partial charge is 0.207 e. The van der Waals surface area contributed by atoms with Crippen LogP contribution in [-0.4, -0.2) is 0 Å². The van der Waals surface area contributed by atoms with Crippen LogP contribution in [0.25, 0.3) is 0 Å². The average molecular weight is 260 g/mol. The van der Waals surface area contributed by atoms with Gasteiger partial charge in [-0.15, -0.1) is 0 Å². The van der Waals surface area contributed by atoms with E-state index in [-0.39, 0.29) is 5.82 Å². The van der Waals surface area contributed by atoms with Gasteiger partial charge in [0.1, 0.15) is 5.82 Å². The Balaban J connectivity index is 1.49. The van der Waals surface area contributed by atoms with E-state index in [1.807, 2.05) is 12.1 Å². The number of benzene rings is 1. The normalized spacial score (nSPS) is 33.6. The van der Waals surface area contributed by atoms with Crippen LogP contribution in [0.5, 0.6) is 0 Å². The van der Waals surface area contributed by atoms with Crippen LogP contribution in [0.4, 0.5) is 4.39 Å². The van der Waals surface area contributed by atoms with Crippen molar-refractivity contribution in [2.45, 2.75) is 51.9 Å². The molecule has 0 N–H and O–H groups in total. The summed E-state index contributed by atoms with van der Waals surface area (Å²) in [5.74, 6) is 3.87. The van der Waals surface area contributed by atoms with E-state index in [1.54, 1.807) is 12.1 Å². The Morgan fingerprint density at radius 1 is 1.05 bits per heavy atom. The minimum atomic E-state index is -0.122. The Hall–Kier alpha value is -0.850. The van der Waals surface area contributed by atoms with Crippen molar-refractivity contribution in [3.63, 3.8) is 0 Å². The monoisotopic (exact) mass is 260 g/mol. The van der Waals surface area contributed by atoms with Gasteiger partial charge < -0.3 is 0 Å². The van der Waals surface area contributed by atoms with Crippen LogP contribution in [0, 0.1) is 29.5 Å². The number of hydrogen-bond acceptors (Lipinski definition) is 0. The first-order valence-corrected chi connectivity index (χ1v) is 7.97. The smallest absolute Gasteiger partial charge is 0.123 e. The van der Waals surface area contributed by atoms with E-state index in [2.05, 4.69) is 6.92 Å². The van der Waals surface area contributed by atoms with Gasteiger partial charge in [-0.25, -0.2) is 4.39 Å². The number of halogens is 1. The molecule has 2 aliphatic rings. The van der Waals surface area contributed by atoms with Crippen LogP contribution in [-0.2, 0) is 6.42 Å². The van der Waals surface area contributed by atoms with Crippen molar-refractivity contribution in [3.8, 4) is 0 Å². The van der Waals surface area contributed by atoms with E-state index < -0.39 is 0 Å². The molecule has 0 heterocycles. The highest BCUT2D eigenvalue weighted by Crippen LogP contribution is 2.50. The van der Waals surface area contributed by atoms with Crippen molar-refractivity contribution in [2.75, 3.05) is 0 Å². The van der Waals surface area contributed by atoms with Crippen LogP contribution >= 0.6 is 0 Å². The van der Waals surface area contributed by atoms with Crippen LogP contribution in [0.15, 0.2) is 24.3 Å². The molecule has 2 bridgehead atoms. The lowest BCUT2D eigenvalue weighted by atomic mass is 9.72. The Kier molecular flexibility index (Phi) is 3.91. The molecule has 0 radical (unpaired) electrons. The van der Waals surface area contributed by atoms with Gasteiger partial charge in [-0.1, -0.05) is 19.1 Å². The maximum Gasteiger partial charge on any atom is 0.123 e. The molecule has 2 saturated carbocycles. The summed E-state index contributed by atoms with van der Waals surface area (Å²) < 4.78 is 12.8. The predicted octanol–water partition coefficient (Wildman–Crippen LogP) is 5.22. The van der Waals surface area contributed by atoms with Gasteiger partial charge in [0.15, 0.2) is 0 Å². The molecule has 2 fully saturated rings. The molecule has 0 aliphatic heterocycles. The standard InChI is InChI=1S/C18H25F/c1-13-11-15-7-8-16(12-13)18(15)4-2-3-14-5-9-17(19)10-6-14/h5-6,9-10,13,15-16,18H,2-4,7-8,11-12H2,1H3/t13?,15-,16+,18?. The zero-order valence-corrected chi connectivity index (χ0v) is 11.9. The molecule has 0 nitrogen and oxygen atoms in total. The molecule has 0 saturated heterocycles. The lowest BCUT2D eigenvalue weighted by Gasteiger charge is -2.34. The Labute approximate surface area is 116 Å². The van der Waals surface area contributed by atoms with E-state index in [0.717, 1.165) is 30.1 Å². The number of fused-ring (bicyclic) bond motifs is 2. The Morgan fingerprint density at radius 2 is 1.68 bits per heavy atom. The molecule has 0 aromatic heterocycles.